The summed E-state index contributed by atoms with van der Waals surface area (Å²) in [6, 6.07) is 12.7. The van der Waals surface area contributed by atoms with Crippen LogP contribution >= 0.6 is 11.6 Å². The Bertz CT molecular complexity index is 2040. The lowest BCUT2D eigenvalue weighted by Crippen LogP contribution is -2.59. The summed E-state index contributed by atoms with van der Waals surface area (Å²) in [5.74, 6) is -5.08. The van der Waals surface area contributed by atoms with Crippen LogP contribution in [-0.2, 0) is 48.0 Å². The lowest BCUT2D eigenvalue weighted by atomic mass is 9.99. The minimum atomic E-state index is -1.33. The van der Waals surface area contributed by atoms with E-state index in [4.69, 9.17) is 11.6 Å². The average molecular weight is 878 g/mol. The highest BCUT2D eigenvalue weighted by Gasteiger charge is 2.34. The van der Waals surface area contributed by atoms with Crippen molar-refractivity contribution in [1.82, 2.24) is 36.8 Å². The van der Waals surface area contributed by atoms with Gasteiger partial charge in [-0.3, -0.25) is 24.0 Å². The molecule has 5 atom stereocenters. The second kappa shape index (κ2) is 23.6. The third kappa shape index (κ3) is 15.3. The largest absolute Gasteiger partial charge is 0.508 e. The third-order valence-electron chi connectivity index (χ3n) is 10.4. The number of aryl methyl sites for hydroxylation is 2. The Labute approximate surface area is 365 Å². The Morgan fingerprint density at radius 2 is 1.47 bits per heavy atom. The van der Waals surface area contributed by atoms with Crippen LogP contribution in [0.4, 0.5) is 4.79 Å². The van der Waals surface area contributed by atoms with E-state index in [1.165, 1.54) is 25.2 Å². The van der Waals surface area contributed by atoms with Crippen molar-refractivity contribution in [2.45, 2.75) is 95.4 Å². The maximum atomic E-state index is 14.0. The SMILES string of the molecule is CC(C)[C@H]1NC(=O)[C@H](NC(=O)N[C@@H](Cc2ccccc2)C(=O)O)CCCCNC(=O)[C@H](CCc2ccc(O)c(Cl)c2)NC(=O)CN(C)C(=O)[C@H](CCc2ccc(O)cc2)NC1=O. The van der Waals surface area contributed by atoms with Gasteiger partial charge in [0.1, 0.15) is 41.7 Å². The van der Waals surface area contributed by atoms with Crippen molar-refractivity contribution in [3.8, 4) is 11.5 Å². The number of amides is 7. The summed E-state index contributed by atoms with van der Waals surface area (Å²) in [4.78, 5) is 95.6. The van der Waals surface area contributed by atoms with E-state index in [1.54, 1.807) is 68.4 Å². The van der Waals surface area contributed by atoms with E-state index in [9.17, 15) is 48.9 Å². The van der Waals surface area contributed by atoms with Crippen LogP contribution in [0.25, 0.3) is 0 Å². The molecule has 0 aromatic heterocycles. The maximum absolute atomic E-state index is 14.0. The van der Waals surface area contributed by atoms with Gasteiger partial charge in [0.05, 0.1) is 11.6 Å². The summed E-state index contributed by atoms with van der Waals surface area (Å²) >= 11 is 6.09. The number of hydrogen-bond donors (Lipinski definition) is 9. The van der Waals surface area contributed by atoms with Gasteiger partial charge in [-0.2, -0.15) is 0 Å². The Kier molecular flexibility index (Phi) is 18.4. The molecule has 0 spiro atoms. The summed E-state index contributed by atoms with van der Waals surface area (Å²) in [5.41, 5.74) is 2.11. The number of rotatable bonds is 12. The van der Waals surface area contributed by atoms with Gasteiger partial charge in [-0.05, 0) is 91.8 Å². The molecule has 1 heterocycles. The molecule has 1 aliphatic heterocycles. The van der Waals surface area contributed by atoms with Crippen LogP contribution in [0.2, 0.25) is 5.02 Å². The molecular weight excluding hydrogens is 822 g/mol. The van der Waals surface area contributed by atoms with E-state index in [2.05, 4.69) is 31.9 Å². The van der Waals surface area contributed by atoms with Gasteiger partial charge in [0.2, 0.25) is 29.5 Å². The van der Waals surface area contributed by atoms with E-state index in [1.807, 2.05) is 0 Å². The summed E-state index contributed by atoms with van der Waals surface area (Å²) in [6.07, 6.45) is 1.37. The number of carboxylic acids is 1. The van der Waals surface area contributed by atoms with Gasteiger partial charge in [0.25, 0.3) is 0 Å². The fourth-order valence-corrected chi connectivity index (χ4v) is 7.05. The molecule has 3 aromatic carbocycles. The van der Waals surface area contributed by atoms with Gasteiger partial charge in [0, 0.05) is 20.0 Å². The Hall–Kier alpha value is -6.36. The van der Waals surface area contributed by atoms with Crippen molar-refractivity contribution in [2.24, 2.45) is 5.92 Å². The smallest absolute Gasteiger partial charge is 0.326 e. The van der Waals surface area contributed by atoms with Gasteiger partial charge in [-0.15, -0.1) is 0 Å². The van der Waals surface area contributed by atoms with Crippen molar-refractivity contribution in [3.05, 3.63) is 94.5 Å². The fourth-order valence-electron chi connectivity index (χ4n) is 6.85. The van der Waals surface area contributed by atoms with E-state index >= 15 is 0 Å². The zero-order chi connectivity index (χ0) is 45.3. The van der Waals surface area contributed by atoms with E-state index in [0.717, 1.165) is 10.5 Å². The molecular formula is C44H56ClN7O10. The first-order valence-electron chi connectivity index (χ1n) is 20.5. The number of phenolic OH excluding ortho intramolecular Hbond substituents is 2. The van der Waals surface area contributed by atoms with Crippen LogP contribution in [0.5, 0.6) is 11.5 Å². The first-order chi connectivity index (χ1) is 29.5. The summed E-state index contributed by atoms with van der Waals surface area (Å²) in [5, 5.41) is 45.6. The Morgan fingerprint density at radius 1 is 0.806 bits per heavy atom. The standard InChI is InChI=1S/C44H56ClN7O10/c1-26(2)38-41(58)48-34(20-14-27-12-17-30(53)18-13-27)42(59)52(3)25-37(55)47-33(19-15-29-16-21-36(54)31(45)23-29)39(56)46-22-8-7-11-32(40(57)51-38)49-44(62)50-35(43(60)61)24-28-9-5-4-6-10-28/h4-6,9-10,12-13,16-18,21,23,26,32-35,38,53-54H,7-8,11,14-15,19-20,22,24-25H2,1-3H3,(H,46,56)(H,47,55)(H,48,58)(H,51,57)(H,60,61)(H2,49,50,62)/t32-,33+,34+,35+,38-/m1/s1. The number of urea groups is 1. The maximum Gasteiger partial charge on any atom is 0.326 e. The number of hydrogen-bond acceptors (Lipinski definition) is 9. The van der Waals surface area contributed by atoms with E-state index in [-0.39, 0.29) is 68.0 Å². The molecule has 1 aliphatic rings. The molecule has 0 saturated carbocycles. The van der Waals surface area contributed by atoms with E-state index in [0.29, 0.717) is 17.5 Å². The number of aliphatic carboxylic acids is 1. The highest BCUT2D eigenvalue weighted by Crippen LogP contribution is 2.24. The minimum absolute atomic E-state index is 0.0261. The van der Waals surface area contributed by atoms with Crippen LogP contribution in [0, 0.1) is 5.92 Å². The zero-order valence-electron chi connectivity index (χ0n) is 35.0. The molecule has 9 N–H and O–H groups in total. The summed E-state index contributed by atoms with van der Waals surface area (Å²) in [7, 11) is 1.38. The normalized spacial score (nSPS) is 20.3. The molecule has 4 rings (SSSR count). The lowest BCUT2D eigenvalue weighted by Gasteiger charge is -2.29. The molecule has 0 radical (unpaired) electrons. The molecule has 18 heteroatoms. The van der Waals surface area contributed by atoms with Crippen molar-refractivity contribution in [2.75, 3.05) is 20.1 Å². The molecule has 62 heavy (non-hydrogen) atoms. The highest BCUT2D eigenvalue weighted by molar-refractivity contribution is 6.32. The van der Waals surface area contributed by atoms with Crippen LogP contribution in [0.15, 0.2) is 72.8 Å². The number of carboxylic acid groups (broad SMARTS) is 1. The number of aromatic hydroxyl groups is 2. The molecule has 334 valence electrons. The minimum Gasteiger partial charge on any atom is -0.508 e. The van der Waals surface area contributed by atoms with Gasteiger partial charge >= 0.3 is 12.0 Å². The van der Waals surface area contributed by atoms with Crippen molar-refractivity contribution in [3.63, 3.8) is 0 Å². The topological polar surface area (TPSA) is 256 Å². The van der Waals surface area contributed by atoms with Crippen LogP contribution < -0.4 is 31.9 Å². The lowest BCUT2D eigenvalue weighted by molar-refractivity contribution is -0.139. The Balaban J connectivity index is 1.60. The van der Waals surface area contributed by atoms with Crippen molar-refractivity contribution < 1.29 is 48.9 Å². The first-order valence-corrected chi connectivity index (χ1v) is 20.9. The monoisotopic (exact) mass is 877 g/mol. The van der Waals surface area contributed by atoms with Crippen LogP contribution in [0.1, 0.15) is 62.6 Å². The molecule has 0 aliphatic carbocycles. The van der Waals surface area contributed by atoms with Gasteiger partial charge in [0.15, 0.2) is 0 Å². The zero-order valence-corrected chi connectivity index (χ0v) is 35.7. The predicted molar refractivity (Wildman–Crippen MR) is 230 cm³/mol. The quantitative estimate of drug-likeness (QED) is 0.129. The second-order valence-electron chi connectivity index (χ2n) is 15.7. The highest BCUT2D eigenvalue weighted by atomic mass is 35.5. The number of likely N-dealkylation sites (N-methyl/N-ethyl adjacent to an activating group) is 1. The van der Waals surface area contributed by atoms with Crippen LogP contribution in [0.3, 0.4) is 0 Å². The average Bonchev–Trinajstić information content (AvgIpc) is 3.23. The molecule has 7 amide bonds. The fraction of sp³-hybridized carbons (Fsp3) is 0.432. The molecule has 3 aromatic rings. The molecule has 0 bridgehead atoms. The van der Waals surface area contributed by atoms with Crippen molar-refractivity contribution in [1.29, 1.82) is 0 Å². The number of carbonyl (C=O) groups is 7. The third-order valence-corrected chi connectivity index (χ3v) is 10.7. The number of halogens is 1. The number of benzene rings is 3. The summed E-state index contributed by atoms with van der Waals surface area (Å²) < 4.78 is 0. The molecule has 17 nitrogen and oxygen atoms in total. The van der Waals surface area contributed by atoms with Gasteiger partial charge in [-0.25, -0.2) is 9.59 Å². The van der Waals surface area contributed by atoms with Crippen LogP contribution in [-0.4, -0.2) is 112 Å². The number of nitrogens with zero attached hydrogens (tertiary/aromatic N) is 1. The predicted octanol–water partition coefficient (Wildman–Crippen LogP) is 2.55. The second-order valence-corrected chi connectivity index (χ2v) is 16.1. The first kappa shape index (κ1) is 48.3. The Morgan fingerprint density at radius 3 is 2.13 bits per heavy atom. The summed E-state index contributed by atoms with van der Waals surface area (Å²) in [6.45, 7) is 3.03. The van der Waals surface area contributed by atoms with Crippen molar-refractivity contribution >= 4 is 53.1 Å². The molecule has 0 unspecified atom stereocenters. The van der Waals surface area contributed by atoms with E-state index < -0.39 is 84.2 Å². The molecule has 1 fully saturated rings. The number of phenols is 2. The number of carbonyl (C=O) groups excluding carboxylic acids is 6. The molecule has 1 saturated heterocycles. The number of nitrogens with one attached hydrogen (secondary N) is 6. The van der Waals surface area contributed by atoms with Gasteiger partial charge < -0.3 is 52.1 Å². The van der Waals surface area contributed by atoms with Gasteiger partial charge in [-0.1, -0.05) is 74.0 Å².